The minimum atomic E-state index is 0. The van der Waals surface area contributed by atoms with E-state index in [1.54, 1.807) is 22.5 Å². The van der Waals surface area contributed by atoms with Crippen molar-refractivity contribution in [2.75, 3.05) is 0 Å². The van der Waals surface area contributed by atoms with Crippen LogP contribution in [0.3, 0.4) is 0 Å². The van der Waals surface area contributed by atoms with Crippen LogP contribution in [0.2, 0.25) is 3.93 Å². The van der Waals surface area contributed by atoms with Crippen LogP contribution in [0.5, 0.6) is 0 Å². The molecule has 0 bridgehead atoms. The summed E-state index contributed by atoms with van der Waals surface area (Å²) in [5.74, 6) is 0. The van der Waals surface area contributed by atoms with Crippen molar-refractivity contribution in [1.29, 1.82) is 0 Å². The molecule has 4 heteroatoms. The van der Waals surface area contributed by atoms with Gasteiger partial charge in [0, 0.05) is 0 Å². The molecule has 0 amide bonds. The Morgan fingerprint density at radius 2 is 1.22 bits per heavy atom. The first-order valence-corrected chi connectivity index (χ1v) is 3.60. The summed E-state index contributed by atoms with van der Waals surface area (Å²) in [6.45, 7) is 0. The number of rotatable bonds is 0. The van der Waals surface area contributed by atoms with Gasteiger partial charge in [-0.3, -0.25) is 0 Å². The average Bonchev–Trinajstić information content (AvgIpc) is 1.86. The van der Waals surface area contributed by atoms with Crippen molar-refractivity contribution in [2.24, 2.45) is 0 Å². The Morgan fingerprint density at radius 3 is 1.33 bits per heavy atom. The van der Waals surface area contributed by atoms with E-state index >= 15 is 0 Å². The normalized spacial score (nSPS) is 13.4. The fourth-order valence-electron chi connectivity index (χ4n) is 0.432. The summed E-state index contributed by atoms with van der Waals surface area (Å²) in [5, 5.41) is 0. The molecule has 0 fully saturated rings. The molecule has 0 saturated carbocycles. The third-order valence-electron chi connectivity index (χ3n) is 0.748. The Kier molecular flexibility index (Phi) is 14.6. The molecule has 3 nitrogen and oxygen atoms in total. The van der Waals surface area contributed by atoms with E-state index in [2.05, 4.69) is 24.3 Å². The van der Waals surface area contributed by atoms with Crippen molar-refractivity contribution in [3.05, 3.63) is 24.3 Å². The molecule has 1 rings (SSSR count). The summed E-state index contributed by atoms with van der Waals surface area (Å²) in [6.07, 6.45) is 8.61. The van der Waals surface area contributed by atoms with Crippen LogP contribution >= 0.6 is 0 Å². The van der Waals surface area contributed by atoms with Gasteiger partial charge in [0.15, 0.2) is 0 Å². The number of hydrogen-bond acceptors (Lipinski definition) is 0. The van der Waals surface area contributed by atoms with E-state index in [-0.39, 0.29) is 16.4 Å². The van der Waals surface area contributed by atoms with E-state index in [9.17, 15) is 0 Å². The molecular formula is C5H11O3Sn. The van der Waals surface area contributed by atoms with E-state index in [1.807, 2.05) is 0 Å². The van der Waals surface area contributed by atoms with Crippen molar-refractivity contribution < 1.29 is 16.4 Å². The van der Waals surface area contributed by atoms with Crippen molar-refractivity contribution in [1.82, 2.24) is 0 Å². The Balaban J connectivity index is -0.000000120. The van der Waals surface area contributed by atoms with Gasteiger partial charge in [0.1, 0.15) is 0 Å². The molecule has 1 aliphatic carbocycles. The summed E-state index contributed by atoms with van der Waals surface area (Å²) in [7, 11) is 0. The molecule has 0 saturated heterocycles. The molecule has 0 aliphatic heterocycles. The van der Waals surface area contributed by atoms with Crippen molar-refractivity contribution in [2.45, 2.75) is 3.93 Å². The predicted molar refractivity (Wildman–Crippen MR) is 38.6 cm³/mol. The molecule has 0 aromatic rings. The molecule has 0 heterocycles. The topological polar surface area (TPSA) is 94.5 Å². The monoisotopic (exact) mass is 239 g/mol. The van der Waals surface area contributed by atoms with Crippen LogP contribution in [0.4, 0.5) is 0 Å². The number of hydrogen-bond donors (Lipinski definition) is 0. The molecule has 0 spiro atoms. The van der Waals surface area contributed by atoms with Crippen molar-refractivity contribution in [3.63, 3.8) is 0 Å². The van der Waals surface area contributed by atoms with Crippen LogP contribution in [0.25, 0.3) is 0 Å². The van der Waals surface area contributed by atoms with Gasteiger partial charge in [0.05, 0.1) is 0 Å². The predicted octanol–water partition coefficient (Wildman–Crippen LogP) is -1.40. The molecule has 3 radical (unpaired) electrons. The molecule has 0 atom stereocenters. The van der Waals surface area contributed by atoms with Crippen LogP contribution in [-0.4, -0.2) is 39.0 Å². The third kappa shape index (κ3) is 6.04. The fourth-order valence-corrected chi connectivity index (χ4v) is 1.07. The van der Waals surface area contributed by atoms with Crippen molar-refractivity contribution >= 4 is 22.5 Å². The molecule has 0 aromatic carbocycles. The van der Waals surface area contributed by atoms with E-state index in [1.165, 1.54) is 0 Å². The molecule has 9 heavy (non-hydrogen) atoms. The van der Waals surface area contributed by atoms with Crippen LogP contribution < -0.4 is 0 Å². The molecular weight excluding hydrogens is 227 g/mol. The van der Waals surface area contributed by atoms with Gasteiger partial charge >= 0.3 is 50.8 Å². The molecule has 6 N–H and O–H groups in total. The maximum absolute atomic E-state index is 2.21. The second-order valence-electron chi connectivity index (χ2n) is 1.30. The third-order valence-corrected chi connectivity index (χ3v) is 1.85. The molecule has 53 valence electrons. The van der Waals surface area contributed by atoms with E-state index < -0.39 is 0 Å². The standard InChI is InChI=1S/C5H5.3H2O.Sn/c1-2-4-5-3-1;;;;/h1-5H;3*1H2;. The van der Waals surface area contributed by atoms with Crippen molar-refractivity contribution in [3.8, 4) is 0 Å². The van der Waals surface area contributed by atoms with Crippen LogP contribution in [0.1, 0.15) is 0 Å². The minimum absolute atomic E-state index is 0. The van der Waals surface area contributed by atoms with Crippen LogP contribution in [0, 0.1) is 0 Å². The van der Waals surface area contributed by atoms with Gasteiger partial charge in [0.2, 0.25) is 0 Å². The summed E-state index contributed by atoms with van der Waals surface area (Å²) in [5.41, 5.74) is 0. The second-order valence-corrected chi connectivity index (χ2v) is 3.20. The van der Waals surface area contributed by atoms with Gasteiger partial charge in [-0.2, -0.15) is 0 Å². The Morgan fingerprint density at radius 1 is 0.889 bits per heavy atom. The molecule has 0 unspecified atom stereocenters. The zero-order chi connectivity index (χ0) is 4.41. The van der Waals surface area contributed by atoms with Gasteiger partial charge in [-0.1, -0.05) is 0 Å². The first-order chi connectivity index (χ1) is 2.89. The summed E-state index contributed by atoms with van der Waals surface area (Å²) in [6, 6.07) is 0. The first kappa shape index (κ1) is 16.1. The van der Waals surface area contributed by atoms with Crippen LogP contribution in [0.15, 0.2) is 24.3 Å². The van der Waals surface area contributed by atoms with E-state index in [4.69, 9.17) is 0 Å². The fraction of sp³-hybridized carbons (Fsp3) is 0.200. The molecule has 1 aliphatic rings. The quantitative estimate of drug-likeness (QED) is 0.463. The zero-order valence-electron chi connectivity index (χ0n) is 4.89. The second kappa shape index (κ2) is 8.16. The summed E-state index contributed by atoms with van der Waals surface area (Å²) < 4.78 is 0.775. The molecule has 0 aromatic heterocycles. The van der Waals surface area contributed by atoms with E-state index in [0.29, 0.717) is 0 Å². The Labute approximate surface area is 67.5 Å². The average molecular weight is 238 g/mol. The maximum atomic E-state index is 2.21. The Bertz CT molecular complexity index is 88.4. The SMILES string of the molecule is O.O.O.[Sn][CH]1C=CC=C1. The Hall–Kier alpha value is 0.159. The van der Waals surface area contributed by atoms with E-state index in [0.717, 1.165) is 3.93 Å². The van der Waals surface area contributed by atoms with Crippen LogP contribution in [-0.2, 0) is 0 Å². The van der Waals surface area contributed by atoms with Gasteiger partial charge in [-0.05, 0) is 0 Å². The zero-order valence-corrected chi connectivity index (χ0v) is 7.74. The summed E-state index contributed by atoms with van der Waals surface area (Å²) >= 11 is 1.59. The first-order valence-electron chi connectivity index (χ1n) is 1.96. The summed E-state index contributed by atoms with van der Waals surface area (Å²) in [4.78, 5) is 0. The van der Waals surface area contributed by atoms with Gasteiger partial charge in [-0.15, -0.1) is 0 Å². The van der Waals surface area contributed by atoms with Gasteiger partial charge in [-0.25, -0.2) is 0 Å². The van der Waals surface area contributed by atoms with Gasteiger partial charge in [0.25, 0.3) is 0 Å². The van der Waals surface area contributed by atoms with Gasteiger partial charge < -0.3 is 16.4 Å². The number of allylic oxidation sites excluding steroid dienone is 4.